The monoisotopic (exact) mass is 458 g/mol. The van der Waals surface area contributed by atoms with Crippen molar-refractivity contribution in [2.24, 2.45) is 0 Å². The van der Waals surface area contributed by atoms with Gasteiger partial charge < -0.3 is 4.74 Å². The van der Waals surface area contributed by atoms with Crippen molar-refractivity contribution < 1.29 is 32.3 Å². The van der Waals surface area contributed by atoms with Crippen LogP contribution in [0.25, 0.3) is 6.08 Å². The number of thiophene rings is 1. The van der Waals surface area contributed by atoms with Crippen LogP contribution in [-0.4, -0.2) is 17.8 Å². The van der Waals surface area contributed by atoms with Crippen molar-refractivity contribution in [3.8, 4) is 5.75 Å². The number of carbonyl (C=O) groups excluding carboxylic acids is 3. The molecule has 2 aromatic carbocycles. The van der Waals surface area contributed by atoms with E-state index in [0.29, 0.717) is 10.4 Å². The lowest BCUT2D eigenvalue weighted by Gasteiger charge is -2.16. The molecule has 0 saturated carbocycles. The van der Waals surface area contributed by atoms with E-state index in [-0.39, 0.29) is 17.0 Å². The lowest BCUT2D eigenvalue weighted by molar-refractivity contribution is -0.137. The summed E-state index contributed by atoms with van der Waals surface area (Å²) in [5, 5.41) is 2.49. The van der Waals surface area contributed by atoms with Crippen molar-refractivity contribution in [1.82, 2.24) is 5.43 Å². The molecule has 4 rings (SSSR count). The van der Waals surface area contributed by atoms with Crippen LogP contribution in [0.2, 0.25) is 0 Å². The third kappa shape index (κ3) is 4.40. The third-order valence-electron chi connectivity index (χ3n) is 4.43. The zero-order valence-electron chi connectivity index (χ0n) is 16.1. The van der Waals surface area contributed by atoms with Crippen molar-refractivity contribution in [1.29, 1.82) is 0 Å². The number of hydrazine groups is 1. The Morgan fingerprint density at radius 1 is 1.03 bits per heavy atom. The predicted octanol–water partition coefficient (Wildman–Crippen LogP) is 4.45. The quantitative estimate of drug-likeness (QED) is 0.271. The lowest BCUT2D eigenvalue weighted by Crippen LogP contribution is -2.35. The van der Waals surface area contributed by atoms with Gasteiger partial charge in [-0.1, -0.05) is 24.3 Å². The van der Waals surface area contributed by atoms with Crippen LogP contribution < -0.4 is 15.2 Å². The van der Waals surface area contributed by atoms with Gasteiger partial charge in [0.2, 0.25) is 0 Å². The first-order chi connectivity index (χ1) is 15.2. The van der Waals surface area contributed by atoms with Crippen LogP contribution in [0, 0.1) is 0 Å². The zero-order valence-corrected chi connectivity index (χ0v) is 16.9. The maximum Gasteiger partial charge on any atom is 0.416 e. The molecule has 2 heterocycles. The normalized spacial score (nSPS) is 15.2. The largest absolute Gasteiger partial charge is 0.422 e. The second-order valence-corrected chi connectivity index (χ2v) is 7.57. The van der Waals surface area contributed by atoms with Crippen LogP contribution in [0.1, 0.15) is 20.8 Å². The van der Waals surface area contributed by atoms with E-state index in [4.69, 9.17) is 4.74 Å². The Morgan fingerprint density at radius 2 is 1.81 bits per heavy atom. The number of halogens is 3. The Kier molecular flexibility index (Phi) is 5.54. The number of carbonyl (C=O) groups is 3. The summed E-state index contributed by atoms with van der Waals surface area (Å²) < 4.78 is 44.2. The molecule has 3 aromatic rings. The summed E-state index contributed by atoms with van der Waals surface area (Å²) in [5.74, 6) is -1.92. The van der Waals surface area contributed by atoms with Gasteiger partial charge in [0.15, 0.2) is 0 Å². The van der Waals surface area contributed by atoms with E-state index in [9.17, 15) is 27.6 Å². The van der Waals surface area contributed by atoms with Gasteiger partial charge in [-0.25, -0.2) is 9.80 Å². The van der Waals surface area contributed by atoms with Gasteiger partial charge in [0.05, 0.1) is 11.3 Å². The molecule has 0 atom stereocenters. The first kappa shape index (κ1) is 21.3. The predicted molar refractivity (Wildman–Crippen MR) is 111 cm³/mol. The summed E-state index contributed by atoms with van der Waals surface area (Å²) in [4.78, 5) is 37.5. The molecule has 1 aromatic heterocycles. The molecule has 2 amide bonds. The fourth-order valence-electron chi connectivity index (χ4n) is 2.95. The maximum atomic E-state index is 13.0. The Hall–Kier alpha value is -3.92. The fraction of sp³-hybridized carbons (Fsp3) is 0.0455. The number of rotatable bonds is 4. The molecule has 1 N–H and O–H groups in total. The molecular formula is C22H13F3N2O4S. The number of benzene rings is 2. The second-order valence-electron chi connectivity index (χ2n) is 6.63. The molecular weight excluding hydrogens is 445 g/mol. The van der Waals surface area contributed by atoms with Gasteiger partial charge in [0.25, 0.3) is 11.8 Å². The number of anilines is 1. The number of hydrogen-bond acceptors (Lipinski definition) is 5. The van der Waals surface area contributed by atoms with Crippen LogP contribution >= 0.6 is 11.3 Å². The first-order valence-corrected chi connectivity index (χ1v) is 10.0. The van der Waals surface area contributed by atoms with Crippen LogP contribution in [0.15, 0.2) is 71.6 Å². The number of ether oxygens (including phenoxy) is 1. The molecule has 0 bridgehead atoms. The average molecular weight is 458 g/mol. The minimum Gasteiger partial charge on any atom is -0.422 e. The van der Waals surface area contributed by atoms with Gasteiger partial charge in [0, 0.05) is 0 Å². The van der Waals surface area contributed by atoms with E-state index < -0.39 is 29.5 Å². The van der Waals surface area contributed by atoms with E-state index in [0.717, 1.165) is 23.2 Å². The van der Waals surface area contributed by atoms with Crippen molar-refractivity contribution in [3.63, 3.8) is 0 Å². The lowest BCUT2D eigenvalue weighted by atomic mass is 10.1. The Balaban J connectivity index is 1.57. The summed E-state index contributed by atoms with van der Waals surface area (Å²) in [5.41, 5.74) is 1.31. The summed E-state index contributed by atoms with van der Waals surface area (Å²) in [6.07, 6.45) is -3.32. The highest BCUT2D eigenvalue weighted by Gasteiger charge is 2.36. The molecule has 0 spiro atoms. The van der Waals surface area contributed by atoms with Gasteiger partial charge in [-0.05, 0) is 53.4 Å². The summed E-state index contributed by atoms with van der Waals surface area (Å²) in [6.45, 7) is 0. The van der Waals surface area contributed by atoms with Crippen molar-refractivity contribution in [3.05, 3.63) is 87.6 Å². The molecule has 10 heteroatoms. The molecule has 32 heavy (non-hydrogen) atoms. The van der Waals surface area contributed by atoms with E-state index >= 15 is 0 Å². The average Bonchev–Trinajstić information content (AvgIpc) is 3.38. The van der Waals surface area contributed by atoms with Crippen LogP contribution in [-0.2, 0) is 15.8 Å². The molecule has 1 aliphatic rings. The SMILES string of the molecule is O=C1NN(c2cccc(C(F)(F)F)c2)C(=O)/C1=C\c1cccc(OC(=O)c2cccs2)c1. The van der Waals surface area contributed by atoms with E-state index in [1.807, 2.05) is 0 Å². The zero-order chi connectivity index (χ0) is 22.9. The molecule has 0 aliphatic carbocycles. The van der Waals surface area contributed by atoms with E-state index in [1.54, 1.807) is 35.7 Å². The molecule has 1 aliphatic heterocycles. The van der Waals surface area contributed by atoms with Gasteiger partial charge in [-0.15, -0.1) is 11.3 Å². The Bertz CT molecular complexity index is 1240. The van der Waals surface area contributed by atoms with Gasteiger partial charge in [0.1, 0.15) is 16.2 Å². The van der Waals surface area contributed by atoms with Crippen molar-refractivity contribution in [2.45, 2.75) is 6.18 Å². The van der Waals surface area contributed by atoms with Crippen molar-refractivity contribution >= 4 is 40.9 Å². The molecule has 1 fully saturated rings. The molecule has 1 saturated heterocycles. The molecule has 0 radical (unpaired) electrons. The standard InChI is InChI=1S/C22H13F3N2O4S/c23-22(24,25)14-5-2-6-15(12-14)27-20(29)17(19(28)26-27)11-13-4-1-7-16(10-13)31-21(30)18-8-3-9-32-18/h1-12H,(H,26,28)/b17-11-. The first-order valence-electron chi connectivity index (χ1n) is 9.12. The van der Waals surface area contributed by atoms with Crippen LogP contribution in [0.5, 0.6) is 5.75 Å². The maximum absolute atomic E-state index is 13.0. The van der Waals surface area contributed by atoms with E-state index in [2.05, 4.69) is 5.43 Å². The number of hydrogen-bond donors (Lipinski definition) is 1. The fourth-order valence-corrected chi connectivity index (χ4v) is 3.55. The number of nitrogens with zero attached hydrogens (tertiary/aromatic N) is 1. The molecule has 6 nitrogen and oxygen atoms in total. The van der Waals surface area contributed by atoms with Crippen LogP contribution in [0.3, 0.4) is 0 Å². The summed E-state index contributed by atoms with van der Waals surface area (Å²) >= 11 is 1.22. The Morgan fingerprint density at radius 3 is 2.53 bits per heavy atom. The van der Waals surface area contributed by atoms with Gasteiger partial charge in [-0.3, -0.25) is 15.0 Å². The highest BCUT2D eigenvalue weighted by atomic mass is 32.1. The minimum absolute atomic E-state index is 0.125. The molecule has 162 valence electrons. The highest BCUT2D eigenvalue weighted by Crippen LogP contribution is 2.32. The Labute approximate surface area is 183 Å². The van der Waals surface area contributed by atoms with Crippen molar-refractivity contribution in [2.75, 3.05) is 5.01 Å². The molecule has 0 unspecified atom stereocenters. The number of alkyl halides is 3. The number of esters is 1. The van der Waals surface area contributed by atoms with E-state index in [1.165, 1.54) is 29.5 Å². The third-order valence-corrected chi connectivity index (χ3v) is 5.28. The second kappa shape index (κ2) is 8.31. The summed E-state index contributed by atoms with van der Waals surface area (Å²) in [6, 6.07) is 13.5. The summed E-state index contributed by atoms with van der Waals surface area (Å²) in [7, 11) is 0. The highest BCUT2D eigenvalue weighted by molar-refractivity contribution is 7.12. The van der Waals surface area contributed by atoms with Crippen LogP contribution in [0.4, 0.5) is 18.9 Å². The smallest absolute Gasteiger partial charge is 0.416 e. The van der Waals surface area contributed by atoms with Gasteiger partial charge >= 0.3 is 12.1 Å². The van der Waals surface area contributed by atoms with Gasteiger partial charge in [-0.2, -0.15) is 13.2 Å². The topological polar surface area (TPSA) is 75.7 Å². The number of nitrogens with one attached hydrogen (secondary N) is 1. The minimum atomic E-state index is -4.59. The number of amides is 2.